The highest BCUT2D eigenvalue weighted by Crippen LogP contribution is 2.23. The quantitative estimate of drug-likeness (QED) is 0.496. The van der Waals surface area contributed by atoms with E-state index in [-0.39, 0.29) is 5.82 Å². The molecule has 3 N–H and O–H groups in total. The molecule has 1 atom stereocenters. The van der Waals surface area contributed by atoms with E-state index in [4.69, 9.17) is 5.84 Å². The normalized spacial score (nSPS) is 19.6. The molecular weight excluding hydrogens is 245 g/mol. The van der Waals surface area contributed by atoms with Crippen LogP contribution in [0.4, 0.5) is 4.39 Å². The molecule has 1 heterocycles. The van der Waals surface area contributed by atoms with Crippen molar-refractivity contribution in [1.29, 1.82) is 0 Å². The summed E-state index contributed by atoms with van der Waals surface area (Å²) < 4.78 is 13.8. The van der Waals surface area contributed by atoms with Crippen LogP contribution in [-0.4, -0.2) is 23.4 Å². The molecule has 0 bridgehead atoms. The number of likely N-dealkylation sites (tertiary alicyclic amines) is 1. The number of carbonyl (C=O) groups is 1. The molecular formula is C14H20FN3O. The fourth-order valence-electron chi connectivity index (χ4n) is 2.70. The summed E-state index contributed by atoms with van der Waals surface area (Å²) in [5.41, 5.74) is 3.02. The Morgan fingerprint density at radius 1 is 1.58 bits per heavy atom. The SMILES string of the molecule is CCC1CCCN1Cc1cc(C(=O)NN)ccc1F. The lowest BCUT2D eigenvalue weighted by molar-refractivity contribution is 0.0953. The maximum atomic E-state index is 13.8. The topological polar surface area (TPSA) is 58.4 Å². The van der Waals surface area contributed by atoms with Gasteiger partial charge < -0.3 is 0 Å². The molecule has 0 saturated carbocycles. The van der Waals surface area contributed by atoms with Crippen LogP contribution in [-0.2, 0) is 6.54 Å². The molecule has 2 rings (SSSR count). The minimum atomic E-state index is -0.394. The minimum Gasteiger partial charge on any atom is -0.296 e. The summed E-state index contributed by atoms with van der Waals surface area (Å²) in [6, 6.07) is 4.88. The smallest absolute Gasteiger partial charge is 0.265 e. The molecule has 1 unspecified atom stereocenters. The van der Waals surface area contributed by atoms with Gasteiger partial charge in [0.05, 0.1) is 0 Å². The lowest BCUT2D eigenvalue weighted by Gasteiger charge is -2.23. The van der Waals surface area contributed by atoms with E-state index in [2.05, 4.69) is 17.2 Å². The van der Waals surface area contributed by atoms with E-state index in [0.29, 0.717) is 23.7 Å². The number of hydrazine groups is 1. The van der Waals surface area contributed by atoms with Gasteiger partial charge in [0.25, 0.3) is 5.91 Å². The van der Waals surface area contributed by atoms with E-state index in [0.717, 1.165) is 19.4 Å². The molecule has 1 saturated heterocycles. The molecule has 0 aliphatic carbocycles. The summed E-state index contributed by atoms with van der Waals surface area (Å²) in [6.45, 7) is 3.69. The minimum absolute atomic E-state index is 0.268. The molecule has 0 spiro atoms. The van der Waals surface area contributed by atoms with Crippen molar-refractivity contribution < 1.29 is 9.18 Å². The molecule has 1 aliphatic rings. The van der Waals surface area contributed by atoms with Crippen molar-refractivity contribution in [3.8, 4) is 0 Å². The van der Waals surface area contributed by atoms with Gasteiger partial charge in [0.1, 0.15) is 5.82 Å². The van der Waals surface area contributed by atoms with Gasteiger partial charge in [-0.15, -0.1) is 0 Å². The Kier molecular flexibility index (Phi) is 4.50. The third-order valence-corrected chi connectivity index (χ3v) is 3.78. The summed E-state index contributed by atoms with van der Waals surface area (Å²) in [4.78, 5) is 13.7. The Hall–Kier alpha value is -1.46. The highest BCUT2D eigenvalue weighted by atomic mass is 19.1. The van der Waals surface area contributed by atoms with E-state index in [9.17, 15) is 9.18 Å². The van der Waals surface area contributed by atoms with Gasteiger partial charge in [0.15, 0.2) is 0 Å². The molecule has 0 aromatic heterocycles. The summed E-state index contributed by atoms with van der Waals surface area (Å²) in [5.74, 6) is 4.43. The van der Waals surface area contributed by atoms with Gasteiger partial charge in [0.2, 0.25) is 0 Å². The van der Waals surface area contributed by atoms with Crippen LogP contribution in [0.5, 0.6) is 0 Å². The van der Waals surface area contributed by atoms with Crippen molar-refractivity contribution in [2.75, 3.05) is 6.54 Å². The Labute approximate surface area is 112 Å². The molecule has 0 radical (unpaired) electrons. The van der Waals surface area contributed by atoms with E-state index < -0.39 is 5.91 Å². The van der Waals surface area contributed by atoms with Crippen LogP contribution in [0, 0.1) is 5.82 Å². The van der Waals surface area contributed by atoms with Gasteiger partial charge in [0, 0.05) is 23.7 Å². The zero-order valence-electron chi connectivity index (χ0n) is 11.2. The molecule has 4 nitrogen and oxygen atoms in total. The van der Waals surface area contributed by atoms with Crippen LogP contribution in [0.3, 0.4) is 0 Å². The summed E-state index contributed by atoms with van der Waals surface area (Å²) in [5, 5.41) is 0. The second-order valence-electron chi connectivity index (χ2n) is 4.95. The Morgan fingerprint density at radius 3 is 3.05 bits per heavy atom. The van der Waals surface area contributed by atoms with Crippen molar-refractivity contribution in [2.45, 2.75) is 38.8 Å². The lowest BCUT2D eigenvalue weighted by atomic mass is 10.1. The maximum Gasteiger partial charge on any atom is 0.265 e. The first-order chi connectivity index (χ1) is 9.15. The van der Waals surface area contributed by atoms with Gasteiger partial charge in [-0.1, -0.05) is 6.92 Å². The van der Waals surface area contributed by atoms with Crippen LogP contribution in [0.2, 0.25) is 0 Å². The third kappa shape index (κ3) is 3.11. The van der Waals surface area contributed by atoms with Crippen molar-refractivity contribution in [1.82, 2.24) is 10.3 Å². The first kappa shape index (κ1) is 14.0. The molecule has 1 aromatic carbocycles. The van der Waals surface area contributed by atoms with E-state index in [1.54, 1.807) is 6.07 Å². The number of amides is 1. The zero-order chi connectivity index (χ0) is 13.8. The number of rotatable bonds is 4. The number of benzene rings is 1. The monoisotopic (exact) mass is 265 g/mol. The average Bonchev–Trinajstić information content (AvgIpc) is 2.87. The van der Waals surface area contributed by atoms with E-state index in [1.165, 1.54) is 18.6 Å². The van der Waals surface area contributed by atoms with Crippen LogP contribution in [0.25, 0.3) is 0 Å². The molecule has 1 amide bonds. The number of nitrogens with two attached hydrogens (primary N) is 1. The predicted molar refractivity (Wildman–Crippen MR) is 71.8 cm³/mol. The predicted octanol–water partition coefficient (Wildman–Crippen LogP) is 1.80. The zero-order valence-corrected chi connectivity index (χ0v) is 11.2. The summed E-state index contributed by atoms with van der Waals surface area (Å²) in [7, 11) is 0. The largest absolute Gasteiger partial charge is 0.296 e. The lowest BCUT2D eigenvalue weighted by Crippen LogP contribution is -2.31. The Morgan fingerprint density at radius 2 is 2.37 bits per heavy atom. The first-order valence-corrected chi connectivity index (χ1v) is 6.69. The number of carbonyl (C=O) groups excluding carboxylic acids is 1. The van der Waals surface area contributed by atoms with Crippen LogP contribution in [0.1, 0.15) is 42.1 Å². The summed E-state index contributed by atoms with van der Waals surface area (Å²) >= 11 is 0. The average molecular weight is 265 g/mol. The second kappa shape index (κ2) is 6.12. The van der Waals surface area contributed by atoms with Crippen molar-refractivity contribution in [2.24, 2.45) is 5.84 Å². The van der Waals surface area contributed by atoms with Gasteiger partial charge in [-0.05, 0) is 44.0 Å². The number of nitrogens with zero attached hydrogens (tertiary/aromatic N) is 1. The number of hydrogen-bond donors (Lipinski definition) is 2. The van der Waals surface area contributed by atoms with Crippen molar-refractivity contribution in [3.63, 3.8) is 0 Å². The van der Waals surface area contributed by atoms with E-state index in [1.807, 2.05) is 0 Å². The fraction of sp³-hybridized carbons (Fsp3) is 0.500. The maximum absolute atomic E-state index is 13.8. The Bertz CT molecular complexity index is 464. The van der Waals surface area contributed by atoms with E-state index >= 15 is 0 Å². The molecule has 104 valence electrons. The number of halogens is 1. The molecule has 19 heavy (non-hydrogen) atoms. The van der Waals surface area contributed by atoms with Crippen molar-refractivity contribution >= 4 is 5.91 Å². The van der Waals surface area contributed by atoms with Crippen LogP contribution >= 0.6 is 0 Å². The Balaban J connectivity index is 2.17. The van der Waals surface area contributed by atoms with Gasteiger partial charge in [-0.2, -0.15) is 0 Å². The fourth-order valence-corrected chi connectivity index (χ4v) is 2.70. The number of hydrogen-bond acceptors (Lipinski definition) is 3. The highest BCUT2D eigenvalue weighted by Gasteiger charge is 2.23. The van der Waals surface area contributed by atoms with Gasteiger partial charge in [-0.25, -0.2) is 10.2 Å². The second-order valence-corrected chi connectivity index (χ2v) is 4.95. The molecule has 5 heteroatoms. The van der Waals surface area contributed by atoms with Crippen LogP contribution < -0.4 is 11.3 Å². The summed E-state index contributed by atoms with van der Waals surface area (Å²) in [6.07, 6.45) is 3.40. The molecule has 1 aromatic rings. The molecule has 1 aliphatic heterocycles. The highest BCUT2D eigenvalue weighted by molar-refractivity contribution is 5.93. The first-order valence-electron chi connectivity index (χ1n) is 6.69. The van der Waals surface area contributed by atoms with Crippen LogP contribution in [0.15, 0.2) is 18.2 Å². The third-order valence-electron chi connectivity index (χ3n) is 3.78. The number of nitrogens with one attached hydrogen (secondary N) is 1. The molecule has 1 fully saturated rings. The standard InChI is InChI=1S/C14H20FN3O/c1-2-12-4-3-7-18(12)9-11-8-10(14(19)17-16)5-6-13(11)15/h5-6,8,12H,2-4,7,9,16H2,1H3,(H,17,19). The number of nitrogen functional groups attached to an aromatic ring is 1. The van der Waals surface area contributed by atoms with Gasteiger partial charge >= 0.3 is 0 Å². The van der Waals surface area contributed by atoms with Crippen molar-refractivity contribution in [3.05, 3.63) is 35.1 Å². The van der Waals surface area contributed by atoms with Gasteiger partial charge in [-0.3, -0.25) is 15.1 Å².